The van der Waals surface area contributed by atoms with Crippen LogP contribution in [-0.4, -0.2) is 75.8 Å². The average Bonchev–Trinajstić information content (AvgIpc) is 2.67. The molecule has 0 aromatic carbocycles. The molecule has 0 rings (SSSR count). The molecule has 226 valence electrons. The van der Waals surface area contributed by atoms with Gasteiger partial charge in [-0.3, -0.25) is 0 Å². The van der Waals surface area contributed by atoms with Gasteiger partial charge in [0.15, 0.2) is 0 Å². The van der Waals surface area contributed by atoms with E-state index in [2.05, 4.69) is 0 Å². The van der Waals surface area contributed by atoms with Crippen LogP contribution in [0, 0.1) is 0 Å². The summed E-state index contributed by atoms with van der Waals surface area (Å²) < 4.78 is 252. The zero-order chi connectivity index (χ0) is 31.4. The first-order chi connectivity index (χ1) is 16.3. The lowest BCUT2D eigenvalue weighted by Crippen LogP contribution is -2.77. The largest absolute Gasteiger partial charge is 0.478 e. The highest BCUT2D eigenvalue weighted by Crippen LogP contribution is 2.66. The van der Waals surface area contributed by atoms with Crippen molar-refractivity contribution in [2.24, 2.45) is 0 Å². The normalized spacial score (nSPS) is 17.0. The van der Waals surface area contributed by atoms with Gasteiger partial charge < -0.3 is 10.2 Å². The Balaban J connectivity index is 6.85. The highest BCUT2D eigenvalue weighted by atomic mass is 19.4. The van der Waals surface area contributed by atoms with E-state index in [0.29, 0.717) is 6.08 Å². The third-order valence-electron chi connectivity index (χ3n) is 4.82. The molecule has 0 spiro atoms. The fraction of sp³-hybridized carbons (Fsp3) is 0.812. The lowest BCUT2D eigenvalue weighted by atomic mass is 9.83. The van der Waals surface area contributed by atoms with Crippen molar-refractivity contribution in [1.82, 2.24) is 0 Å². The maximum Gasteiger partial charge on any atom is 0.438 e. The van der Waals surface area contributed by atoms with Gasteiger partial charge in [0.2, 0.25) is 0 Å². The van der Waals surface area contributed by atoms with Crippen LogP contribution in [0.5, 0.6) is 0 Å². The molecule has 0 fully saturated rings. The minimum Gasteiger partial charge on any atom is -0.478 e. The second-order valence-electron chi connectivity index (χ2n) is 7.41. The number of aliphatic hydroxyl groups excluding tert-OH is 1. The summed E-state index contributed by atoms with van der Waals surface area (Å²) in [5.41, 5.74) is -9.93. The molecule has 1 atom stereocenters. The Labute approximate surface area is 196 Å². The van der Waals surface area contributed by atoms with Crippen molar-refractivity contribution < 1.29 is 98.4 Å². The maximum absolute atomic E-state index is 13.8. The van der Waals surface area contributed by atoms with Crippen LogP contribution < -0.4 is 0 Å². The Morgan fingerprint density at radius 3 is 1.24 bits per heavy atom. The number of carboxylic acids is 1. The molecule has 0 amide bonds. The minimum absolute atomic E-state index is 0.498. The first kappa shape index (κ1) is 35.8. The summed E-state index contributed by atoms with van der Waals surface area (Å²) in [5, 5.41) is 17.8. The van der Waals surface area contributed by atoms with Crippen LogP contribution in [0.3, 0.4) is 0 Å². The number of hydrogen-bond acceptors (Lipinski definition) is 2. The average molecular weight is 612 g/mol. The Morgan fingerprint density at radius 1 is 0.632 bits per heavy atom. The molecule has 0 aliphatic heterocycles. The van der Waals surface area contributed by atoms with E-state index in [0.717, 1.165) is 6.92 Å². The fourth-order valence-electron chi connectivity index (χ4n) is 2.63. The van der Waals surface area contributed by atoms with Gasteiger partial charge in [-0.1, -0.05) is 6.08 Å². The molecule has 0 aromatic rings. The van der Waals surface area contributed by atoms with Gasteiger partial charge in [0.25, 0.3) is 0 Å². The van der Waals surface area contributed by atoms with Gasteiger partial charge in [-0.05, 0) is 6.92 Å². The van der Waals surface area contributed by atoms with Crippen molar-refractivity contribution in [3.63, 3.8) is 0 Å². The number of aliphatic hydroxyl groups is 1. The standard InChI is InChI=1S/C16H11F19O3/c1-2-5(7(37)38)3-6(36)4-8(17,18)10(20,21)12(24,25)14(28,29)13(26,27)11(22,23)9(19,15(30,31)32)16(33,34)35/h2,6,36H,3-4H2,1H3,(H,37,38). The lowest BCUT2D eigenvalue weighted by Gasteiger charge is -2.45. The number of rotatable bonds is 11. The number of hydrogen-bond donors (Lipinski definition) is 2. The van der Waals surface area contributed by atoms with Crippen molar-refractivity contribution in [2.75, 3.05) is 0 Å². The fourth-order valence-corrected chi connectivity index (χ4v) is 2.63. The van der Waals surface area contributed by atoms with E-state index < -0.39 is 84.0 Å². The van der Waals surface area contributed by atoms with E-state index in [-0.39, 0.29) is 0 Å². The van der Waals surface area contributed by atoms with Gasteiger partial charge >= 0.3 is 59.5 Å². The summed E-state index contributed by atoms with van der Waals surface area (Å²) in [5.74, 6) is -53.0. The molecule has 0 radical (unpaired) electrons. The monoisotopic (exact) mass is 612 g/mol. The smallest absolute Gasteiger partial charge is 0.438 e. The van der Waals surface area contributed by atoms with E-state index in [1.807, 2.05) is 0 Å². The van der Waals surface area contributed by atoms with Crippen molar-refractivity contribution in [1.29, 1.82) is 0 Å². The Hall–Kier alpha value is -2.16. The van der Waals surface area contributed by atoms with Crippen LogP contribution in [0.25, 0.3) is 0 Å². The van der Waals surface area contributed by atoms with E-state index in [1.54, 1.807) is 0 Å². The molecule has 0 aliphatic carbocycles. The van der Waals surface area contributed by atoms with Crippen molar-refractivity contribution >= 4 is 5.97 Å². The van der Waals surface area contributed by atoms with Gasteiger partial charge in [0.05, 0.1) is 6.10 Å². The predicted octanol–water partition coefficient (Wildman–Crippen LogP) is 6.80. The second-order valence-corrected chi connectivity index (χ2v) is 7.41. The Kier molecular flexibility index (Phi) is 9.23. The molecule has 0 saturated carbocycles. The van der Waals surface area contributed by atoms with Crippen LogP contribution in [0.15, 0.2) is 11.6 Å². The number of halogens is 19. The first-order valence-electron chi connectivity index (χ1n) is 8.92. The number of carbonyl (C=O) groups is 1. The molecule has 3 nitrogen and oxygen atoms in total. The van der Waals surface area contributed by atoms with E-state index in [4.69, 9.17) is 5.11 Å². The summed E-state index contributed by atoms with van der Waals surface area (Å²) in [4.78, 5) is 10.7. The molecule has 1 unspecified atom stereocenters. The Morgan fingerprint density at radius 2 is 0.947 bits per heavy atom. The van der Waals surface area contributed by atoms with Gasteiger partial charge in [-0.2, -0.15) is 79.0 Å². The number of carboxylic acid groups (broad SMARTS) is 1. The van der Waals surface area contributed by atoms with Crippen LogP contribution in [0.1, 0.15) is 19.8 Å². The molecule has 2 N–H and O–H groups in total. The van der Waals surface area contributed by atoms with E-state index in [9.17, 15) is 93.3 Å². The molecule has 38 heavy (non-hydrogen) atoms. The highest BCUT2D eigenvalue weighted by Gasteiger charge is 2.98. The first-order valence-corrected chi connectivity index (χ1v) is 8.92. The van der Waals surface area contributed by atoms with Crippen molar-refractivity contribution in [2.45, 2.75) is 79.4 Å². The summed E-state index contributed by atoms with van der Waals surface area (Å²) in [7, 11) is 0. The van der Waals surface area contributed by atoms with Gasteiger partial charge in [-0.15, -0.1) is 0 Å². The Bertz CT molecular complexity index is 885. The molecular weight excluding hydrogens is 601 g/mol. The zero-order valence-electron chi connectivity index (χ0n) is 17.6. The summed E-state index contributed by atoms with van der Waals surface area (Å²) in [6.45, 7) is 0.826. The van der Waals surface area contributed by atoms with Gasteiger partial charge in [0.1, 0.15) is 0 Å². The maximum atomic E-state index is 13.8. The highest BCUT2D eigenvalue weighted by molar-refractivity contribution is 5.86. The third-order valence-corrected chi connectivity index (χ3v) is 4.82. The molecule has 22 heteroatoms. The van der Waals surface area contributed by atoms with Crippen molar-refractivity contribution in [3.8, 4) is 0 Å². The summed E-state index contributed by atoms with van der Waals surface area (Å²) in [6, 6.07) is 0. The SMILES string of the molecule is CC=C(CC(O)CC(F)(F)C(F)(F)C(F)(F)C(F)(F)C(F)(F)C(F)(F)C(F)(C(F)(F)F)C(F)(F)F)C(=O)O. The van der Waals surface area contributed by atoms with Gasteiger partial charge in [-0.25, -0.2) is 9.18 Å². The number of aliphatic carboxylic acids is 1. The van der Waals surface area contributed by atoms with Crippen molar-refractivity contribution in [3.05, 3.63) is 11.6 Å². The molecule has 0 heterocycles. The van der Waals surface area contributed by atoms with Gasteiger partial charge in [0, 0.05) is 18.4 Å². The number of allylic oxidation sites excluding steroid dienone is 1. The van der Waals surface area contributed by atoms with E-state index in [1.165, 1.54) is 0 Å². The number of alkyl halides is 19. The molecular formula is C16H11F19O3. The minimum atomic E-state index is -9.12. The van der Waals surface area contributed by atoms with E-state index >= 15 is 0 Å². The third kappa shape index (κ3) is 5.07. The quantitative estimate of drug-likeness (QED) is 0.199. The molecule has 0 saturated heterocycles. The summed E-state index contributed by atoms with van der Waals surface area (Å²) >= 11 is 0. The molecule has 0 aliphatic rings. The van der Waals surface area contributed by atoms with Crippen LogP contribution >= 0.6 is 0 Å². The van der Waals surface area contributed by atoms with Crippen LogP contribution in [0.4, 0.5) is 83.4 Å². The topological polar surface area (TPSA) is 57.5 Å². The predicted molar refractivity (Wildman–Crippen MR) is 82.3 cm³/mol. The summed E-state index contributed by atoms with van der Waals surface area (Å²) in [6.07, 6.45) is -24.3. The lowest BCUT2D eigenvalue weighted by molar-refractivity contribution is -0.472. The second kappa shape index (κ2) is 9.79. The van der Waals surface area contributed by atoms with Crippen LogP contribution in [-0.2, 0) is 4.79 Å². The zero-order valence-corrected chi connectivity index (χ0v) is 17.6. The van der Waals surface area contributed by atoms with Crippen LogP contribution in [0.2, 0.25) is 0 Å². The molecule has 0 aromatic heterocycles. The molecule has 0 bridgehead atoms.